The van der Waals surface area contributed by atoms with Crippen molar-refractivity contribution in [2.24, 2.45) is 0 Å². The lowest BCUT2D eigenvalue weighted by Gasteiger charge is -2.07. The Hall–Kier alpha value is -1.56. The highest BCUT2D eigenvalue weighted by molar-refractivity contribution is 6.35. The molecule has 8 heteroatoms. The van der Waals surface area contributed by atoms with Gasteiger partial charge >= 0.3 is 0 Å². The molecule has 0 saturated heterocycles. The first-order valence-corrected chi connectivity index (χ1v) is 6.04. The van der Waals surface area contributed by atoms with Crippen LogP contribution < -0.4 is 4.74 Å². The monoisotopic (exact) mass is 318 g/mol. The third-order valence-electron chi connectivity index (χ3n) is 2.07. The summed E-state index contributed by atoms with van der Waals surface area (Å²) in [5, 5.41) is 11.4. The molecule has 0 amide bonds. The normalized spacial score (nSPS) is 10.3. The maximum atomic E-state index is 10.7. The number of hydrogen-bond acceptors (Lipinski definition) is 4. The van der Waals surface area contributed by atoms with Gasteiger partial charge < -0.3 is 4.74 Å². The van der Waals surface area contributed by atoms with E-state index in [4.69, 9.17) is 39.5 Å². The summed E-state index contributed by atoms with van der Waals surface area (Å²) in [5.74, 6) is 0.249. The minimum atomic E-state index is -0.593. The number of rotatable bonds is 3. The van der Waals surface area contributed by atoms with Crippen LogP contribution in [0.15, 0.2) is 30.3 Å². The minimum absolute atomic E-state index is 0.0246. The Morgan fingerprint density at radius 3 is 2.53 bits per heavy atom. The van der Waals surface area contributed by atoms with Gasteiger partial charge in [0.1, 0.15) is 10.9 Å². The highest BCUT2D eigenvalue weighted by Crippen LogP contribution is 2.32. The van der Waals surface area contributed by atoms with E-state index in [-0.39, 0.29) is 27.5 Å². The fourth-order valence-corrected chi connectivity index (χ4v) is 1.93. The van der Waals surface area contributed by atoms with E-state index in [0.717, 1.165) is 12.1 Å². The number of nitro groups is 1. The van der Waals surface area contributed by atoms with E-state index in [1.165, 1.54) is 12.1 Å². The van der Waals surface area contributed by atoms with E-state index in [1.807, 2.05) is 0 Å². The van der Waals surface area contributed by atoms with Crippen LogP contribution in [0.2, 0.25) is 15.2 Å². The molecular weight excluding hydrogens is 314 g/mol. The van der Waals surface area contributed by atoms with Gasteiger partial charge in [0, 0.05) is 5.02 Å². The van der Waals surface area contributed by atoms with E-state index in [9.17, 15) is 10.1 Å². The molecule has 5 nitrogen and oxygen atoms in total. The van der Waals surface area contributed by atoms with Crippen molar-refractivity contribution in [1.82, 2.24) is 4.98 Å². The van der Waals surface area contributed by atoms with Crippen LogP contribution in [0.3, 0.4) is 0 Å². The number of halogens is 3. The maximum Gasteiger partial charge on any atom is 0.277 e. The van der Waals surface area contributed by atoms with Gasteiger partial charge in [-0.25, -0.2) is 4.98 Å². The standard InChI is InChI=1S/C11H5Cl3N2O3/c12-6-1-2-9(8(13)3-6)19-11-5-7(16(17)18)4-10(14)15-11/h1-5H. The summed E-state index contributed by atoms with van der Waals surface area (Å²) in [6, 6.07) is 6.85. The lowest BCUT2D eigenvalue weighted by molar-refractivity contribution is -0.385. The molecule has 0 saturated carbocycles. The molecule has 2 rings (SSSR count). The Bertz CT molecular complexity index is 649. The van der Waals surface area contributed by atoms with E-state index in [0.29, 0.717) is 5.02 Å². The summed E-state index contributed by atoms with van der Waals surface area (Å²) >= 11 is 17.3. The predicted octanol–water partition coefficient (Wildman–Crippen LogP) is 4.74. The SMILES string of the molecule is O=[N+]([O-])c1cc(Cl)nc(Oc2ccc(Cl)cc2Cl)c1. The summed E-state index contributed by atoms with van der Waals surface area (Å²) in [6.45, 7) is 0. The topological polar surface area (TPSA) is 65.3 Å². The van der Waals surface area contributed by atoms with Gasteiger partial charge in [0.05, 0.1) is 22.1 Å². The van der Waals surface area contributed by atoms with E-state index in [1.54, 1.807) is 6.07 Å². The van der Waals surface area contributed by atoms with Crippen molar-refractivity contribution in [3.8, 4) is 11.6 Å². The molecule has 98 valence electrons. The molecule has 0 unspecified atom stereocenters. The summed E-state index contributed by atoms with van der Waals surface area (Å²) in [5.41, 5.74) is -0.222. The summed E-state index contributed by atoms with van der Waals surface area (Å²) in [4.78, 5) is 13.9. The second-order valence-electron chi connectivity index (χ2n) is 3.42. The Morgan fingerprint density at radius 2 is 1.89 bits per heavy atom. The van der Waals surface area contributed by atoms with E-state index in [2.05, 4.69) is 4.98 Å². The number of benzene rings is 1. The third-order valence-corrected chi connectivity index (χ3v) is 2.80. The minimum Gasteiger partial charge on any atom is -0.437 e. The average Bonchev–Trinajstić information content (AvgIpc) is 2.32. The van der Waals surface area contributed by atoms with Gasteiger partial charge in [0.15, 0.2) is 0 Å². The zero-order chi connectivity index (χ0) is 14.0. The van der Waals surface area contributed by atoms with Crippen molar-refractivity contribution < 1.29 is 9.66 Å². The third kappa shape index (κ3) is 3.47. The van der Waals surface area contributed by atoms with Crippen LogP contribution in [0.1, 0.15) is 0 Å². The average molecular weight is 320 g/mol. The van der Waals surface area contributed by atoms with Gasteiger partial charge in [-0.2, -0.15) is 0 Å². The van der Waals surface area contributed by atoms with Crippen LogP contribution in [0, 0.1) is 10.1 Å². The van der Waals surface area contributed by atoms with Gasteiger partial charge in [-0.3, -0.25) is 10.1 Å². The van der Waals surface area contributed by atoms with Gasteiger partial charge in [0.2, 0.25) is 5.88 Å². The first-order chi connectivity index (χ1) is 8.95. The number of nitrogens with zero attached hydrogens (tertiary/aromatic N) is 2. The maximum absolute atomic E-state index is 10.7. The van der Waals surface area contributed by atoms with Crippen molar-refractivity contribution in [3.05, 3.63) is 55.6 Å². The van der Waals surface area contributed by atoms with Gasteiger partial charge in [-0.05, 0) is 18.2 Å². The Labute approximate surface area is 122 Å². The van der Waals surface area contributed by atoms with Crippen LogP contribution in [-0.4, -0.2) is 9.91 Å². The smallest absolute Gasteiger partial charge is 0.277 e. The molecule has 0 atom stereocenters. The molecular formula is C11H5Cl3N2O3. The first-order valence-electron chi connectivity index (χ1n) is 4.90. The molecule has 0 aliphatic heterocycles. The molecule has 0 bridgehead atoms. The zero-order valence-corrected chi connectivity index (χ0v) is 11.4. The van der Waals surface area contributed by atoms with Crippen molar-refractivity contribution in [3.63, 3.8) is 0 Å². The van der Waals surface area contributed by atoms with Crippen LogP contribution in [0.25, 0.3) is 0 Å². The van der Waals surface area contributed by atoms with Gasteiger partial charge in [0.25, 0.3) is 5.69 Å². The Balaban J connectivity index is 2.35. The van der Waals surface area contributed by atoms with Crippen LogP contribution in [-0.2, 0) is 0 Å². The largest absolute Gasteiger partial charge is 0.437 e. The second kappa shape index (κ2) is 5.61. The number of hydrogen-bond donors (Lipinski definition) is 0. The molecule has 19 heavy (non-hydrogen) atoms. The molecule has 1 heterocycles. The fraction of sp³-hybridized carbons (Fsp3) is 0. The molecule has 1 aromatic carbocycles. The molecule has 0 aliphatic rings. The predicted molar refractivity (Wildman–Crippen MR) is 72.4 cm³/mol. The summed E-state index contributed by atoms with van der Waals surface area (Å²) < 4.78 is 5.35. The number of aromatic nitrogens is 1. The Kier molecular flexibility index (Phi) is 4.09. The zero-order valence-electron chi connectivity index (χ0n) is 9.14. The van der Waals surface area contributed by atoms with Crippen molar-refractivity contribution >= 4 is 40.5 Å². The van der Waals surface area contributed by atoms with Crippen LogP contribution >= 0.6 is 34.8 Å². The second-order valence-corrected chi connectivity index (χ2v) is 4.65. The van der Waals surface area contributed by atoms with E-state index >= 15 is 0 Å². The van der Waals surface area contributed by atoms with Crippen LogP contribution in [0.4, 0.5) is 5.69 Å². The highest BCUT2D eigenvalue weighted by Gasteiger charge is 2.13. The summed E-state index contributed by atoms with van der Waals surface area (Å²) in [7, 11) is 0. The highest BCUT2D eigenvalue weighted by atomic mass is 35.5. The molecule has 0 spiro atoms. The van der Waals surface area contributed by atoms with Crippen molar-refractivity contribution in [2.75, 3.05) is 0 Å². The lowest BCUT2D eigenvalue weighted by atomic mass is 10.3. The van der Waals surface area contributed by atoms with Gasteiger partial charge in [-0.1, -0.05) is 34.8 Å². The van der Waals surface area contributed by atoms with Crippen molar-refractivity contribution in [2.45, 2.75) is 0 Å². The first kappa shape index (κ1) is 13.9. The van der Waals surface area contributed by atoms with Gasteiger partial charge in [-0.15, -0.1) is 0 Å². The van der Waals surface area contributed by atoms with E-state index < -0.39 is 4.92 Å². The van der Waals surface area contributed by atoms with Crippen molar-refractivity contribution in [1.29, 1.82) is 0 Å². The number of ether oxygens (including phenoxy) is 1. The molecule has 0 fully saturated rings. The summed E-state index contributed by atoms with van der Waals surface area (Å²) in [6.07, 6.45) is 0. The number of pyridine rings is 1. The lowest BCUT2D eigenvalue weighted by Crippen LogP contribution is -1.93. The molecule has 2 aromatic rings. The molecule has 0 aliphatic carbocycles. The molecule has 1 aromatic heterocycles. The molecule has 0 N–H and O–H groups in total. The Morgan fingerprint density at radius 1 is 1.16 bits per heavy atom. The van der Waals surface area contributed by atoms with Crippen LogP contribution in [0.5, 0.6) is 11.6 Å². The molecule has 0 radical (unpaired) electrons. The quantitative estimate of drug-likeness (QED) is 0.465. The fourth-order valence-electron chi connectivity index (χ4n) is 1.29.